The first kappa shape index (κ1) is 22.4. The molecule has 2 fully saturated rings. The van der Waals surface area contributed by atoms with Gasteiger partial charge in [0.05, 0.1) is 5.92 Å². The van der Waals surface area contributed by atoms with Crippen LogP contribution in [-0.4, -0.2) is 5.97 Å². The molecule has 2 heteroatoms. The second-order valence-corrected chi connectivity index (χ2v) is 9.71. The smallest absolute Gasteiger partial charge is 0.314 e. The lowest BCUT2D eigenvalue weighted by molar-refractivity contribution is -0.140. The van der Waals surface area contributed by atoms with Gasteiger partial charge in [-0.05, 0) is 86.8 Å². The van der Waals surface area contributed by atoms with Gasteiger partial charge in [-0.25, -0.2) is 0 Å². The number of esters is 1. The van der Waals surface area contributed by atoms with Gasteiger partial charge in [-0.1, -0.05) is 64.5 Å². The van der Waals surface area contributed by atoms with E-state index in [0.29, 0.717) is 5.92 Å². The van der Waals surface area contributed by atoms with Crippen LogP contribution in [0.15, 0.2) is 24.3 Å². The fourth-order valence-electron chi connectivity index (χ4n) is 5.57. The molecule has 29 heavy (non-hydrogen) atoms. The molecular weight excluding hydrogens is 356 g/mol. The van der Waals surface area contributed by atoms with Gasteiger partial charge in [0, 0.05) is 0 Å². The highest BCUT2D eigenvalue weighted by molar-refractivity contribution is 5.75. The van der Waals surface area contributed by atoms with Crippen LogP contribution in [0.3, 0.4) is 0 Å². The summed E-state index contributed by atoms with van der Waals surface area (Å²) in [7, 11) is 0. The van der Waals surface area contributed by atoms with Crippen LogP contribution in [-0.2, 0) is 4.79 Å². The summed E-state index contributed by atoms with van der Waals surface area (Å²) >= 11 is 0. The predicted octanol–water partition coefficient (Wildman–Crippen LogP) is 8.05. The van der Waals surface area contributed by atoms with Gasteiger partial charge in [0.1, 0.15) is 5.75 Å². The molecule has 3 rings (SSSR count). The summed E-state index contributed by atoms with van der Waals surface area (Å²) in [5.74, 6) is 3.28. The van der Waals surface area contributed by atoms with Crippen molar-refractivity contribution in [2.75, 3.05) is 0 Å². The van der Waals surface area contributed by atoms with E-state index in [2.05, 4.69) is 26.0 Å². The Bertz CT molecular complexity index is 589. The highest BCUT2D eigenvalue weighted by Gasteiger charge is 2.27. The Morgan fingerprint density at radius 3 is 2.03 bits per heavy atom. The normalized spacial score (nSPS) is 27.5. The molecule has 1 aromatic carbocycles. The third-order valence-corrected chi connectivity index (χ3v) is 7.51. The van der Waals surface area contributed by atoms with Gasteiger partial charge in [0.25, 0.3) is 0 Å². The number of carbonyl (C=O) groups excluding carboxylic acids is 1. The minimum Gasteiger partial charge on any atom is -0.426 e. The molecular formula is C27H42O2. The average Bonchev–Trinajstić information content (AvgIpc) is 2.76. The van der Waals surface area contributed by atoms with E-state index >= 15 is 0 Å². The van der Waals surface area contributed by atoms with E-state index < -0.39 is 0 Å². The first-order valence-electron chi connectivity index (χ1n) is 12.5. The fraction of sp³-hybridized carbons (Fsp3) is 0.741. The Morgan fingerprint density at radius 1 is 0.793 bits per heavy atom. The molecule has 0 aliphatic heterocycles. The van der Waals surface area contributed by atoms with Gasteiger partial charge in [-0.3, -0.25) is 4.79 Å². The van der Waals surface area contributed by atoms with Crippen LogP contribution in [0.25, 0.3) is 0 Å². The largest absolute Gasteiger partial charge is 0.426 e. The van der Waals surface area contributed by atoms with Gasteiger partial charge < -0.3 is 4.74 Å². The molecule has 0 N–H and O–H groups in total. The minimum atomic E-state index is -0.00941. The van der Waals surface area contributed by atoms with Crippen LogP contribution in [0.2, 0.25) is 0 Å². The first-order valence-corrected chi connectivity index (χ1v) is 12.5. The third-order valence-electron chi connectivity index (χ3n) is 7.51. The molecule has 0 amide bonds. The Labute approximate surface area is 178 Å². The zero-order chi connectivity index (χ0) is 20.5. The molecule has 0 radical (unpaired) electrons. The minimum absolute atomic E-state index is 0.00941. The molecule has 2 nitrogen and oxygen atoms in total. The second-order valence-electron chi connectivity index (χ2n) is 9.71. The predicted molar refractivity (Wildman–Crippen MR) is 121 cm³/mol. The summed E-state index contributed by atoms with van der Waals surface area (Å²) in [5.41, 5.74) is 1.42. The monoisotopic (exact) mass is 398 g/mol. The van der Waals surface area contributed by atoms with E-state index in [0.717, 1.165) is 30.4 Å². The molecule has 2 saturated carbocycles. The van der Waals surface area contributed by atoms with Crippen LogP contribution in [0.1, 0.15) is 115 Å². The van der Waals surface area contributed by atoms with E-state index in [1.54, 1.807) is 0 Å². The molecule has 2 aliphatic carbocycles. The standard InChI is InChI=1S/C27H42O2/c1-3-5-6-8-22-11-15-25(16-12-22)27(28)29-26-19-17-24(18-20-26)23-13-9-21(7-4-2)10-14-23/h17-23,25H,3-16H2,1-2H3/t21?,22-,23?,25-. The van der Waals surface area contributed by atoms with E-state index in [-0.39, 0.29) is 11.9 Å². The SMILES string of the molecule is CCCCC[C@H]1CC[C@H](C(=O)Oc2ccc(C3CCC(CCC)CC3)cc2)CC1. The summed E-state index contributed by atoms with van der Waals surface area (Å²) in [6, 6.07) is 8.42. The van der Waals surface area contributed by atoms with E-state index in [1.807, 2.05) is 12.1 Å². The molecule has 0 heterocycles. The summed E-state index contributed by atoms with van der Waals surface area (Å²) < 4.78 is 5.74. The molecule has 2 aliphatic rings. The Kier molecular flexibility index (Phi) is 9.08. The maximum atomic E-state index is 12.6. The third kappa shape index (κ3) is 6.86. The number of carbonyl (C=O) groups is 1. The zero-order valence-electron chi connectivity index (χ0n) is 18.8. The molecule has 0 aromatic heterocycles. The van der Waals surface area contributed by atoms with Gasteiger partial charge in [0.15, 0.2) is 0 Å². The van der Waals surface area contributed by atoms with Crippen molar-refractivity contribution in [1.82, 2.24) is 0 Å². The van der Waals surface area contributed by atoms with Crippen LogP contribution >= 0.6 is 0 Å². The van der Waals surface area contributed by atoms with E-state index in [4.69, 9.17) is 4.74 Å². The van der Waals surface area contributed by atoms with Gasteiger partial charge in [-0.15, -0.1) is 0 Å². The molecule has 1 aromatic rings. The van der Waals surface area contributed by atoms with E-state index in [1.165, 1.54) is 82.6 Å². The summed E-state index contributed by atoms with van der Waals surface area (Å²) in [5, 5.41) is 0. The fourth-order valence-corrected chi connectivity index (χ4v) is 5.57. The number of unbranched alkanes of at least 4 members (excludes halogenated alkanes) is 2. The second kappa shape index (κ2) is 11.8. The molecule has 0 spiro atoms. The number of rotatable bonds is 9. The number of ether oxygens (including phenoxy) is 1. The molecule has 162 valence electrons. The Hall–Kier alpha value is -1.31. The maximum Gasteiger partial charge on any atom is 0.314 e. The van der Waals surface area contributed by atoms with E-state index in [9.17, 15) is 4.79 Å². The lowest BCUT2D eigenvalue weighted by atomic mass is 9.77. The van der Waals surface area contributed by atoms with Crippen molar-refractivity contribution in [3.8, 4) is 5.75 Å². The Balaban J connectivity index is 1.41. The first-order chi connectivity index (χ1) is 14.2. The van der Waals surface area contributed by atoms with Gasteiger partial charge >= 0.3 is 5.97 Å². The summed E-state index contributed by atoms with van der Waals surface area (Å²) in [6.07, 6.45) is 17.8. The molecule has 0 atom stereocenters. The van der Waals surface area contributed by atoms with Crippen molar-refractivity contribution in [2.24, 2.45) is 17.8 Å². The quantitative estimate of drug-likeness (QED) is 0.239. The van der Waals surface area contributed by atoms with Crippen LogP contribution in [0, 0.1) is 17.8 Å². The lowest BCUT2D eigenvalue weighted by Crippen LogP contribution is -2.25. The number of hydrogen-bond donors (Lipinski definition) is 0. The Morgan fingerprint density at radius 2 is 1.41 bits per heavy atom. The number of hydrogen-bond acceptors (Lipinski definition) is 2. The molecule has 0 bridgehead atoms. The zero-order valence-corrected chi connectivity index (χ0v) is 18.8. The molecule has 0 unspecified atom stereocenters. The van der Waals surface area contributed by atoms with Crippen molar-refractivity contribution in [3.63, 3.8) is 0 Å². The van der Waals surface area contributed by atoms with Crippen LogP contribution in [0.5, 0.6) is 5.75 Å². The number of benzene rings is 1. The van der Waals surface area contributed by atoms with Crippen molar-refractivity contribution >= 4 is 5.97 Å². The summed E-state index contributed by atoms with van der Waals surface area (Å²) in [4.78, 5) is 12.6. The van der Waals surface area contributed by atoms with Crippen molar-refractivity contribution in [3.05, 3.63) is 29.8 Å². The molecule has 0 saturated heterocycles. The van der Waals surface area contributed by atoms with Crippen LogP contribution in [0.4, 0.5) is 0 Å². The average molecular weight is 399 g/mol. The summed E-state index contributed by atoms with van der Waals surface area (Å²) in [6.45, 7) is 4.56. The lowest BCUT2D eigenvalue weighted by Gasteiger charge is -2.29. The van der Waals surface area contributed by atoms with Crippen molar-refractivity contribution < 1.29 is 9.53 Å². The van der Waals surface area contributed by atoms with Gasteiger partial charge in [0.2, 0.25) is 0 Å². The van der Waals surface area contributed by atoms with Crippen molar-refractivity contribution in [2.45, 2.75) is 110 Å². The maximum absolute atomic E-state index is 12.6. The van der Waals surface area contributed by atoms with Gasteiger partial charge in [-0.2, -0.15) is 0 Å². The van der Waals surface area contributed by atoms with Crippen molar-refractivity contribution in [1.29, 1.82) is 0 Å². The highest BCUT2D eigenvalue weighted by Crippen LogP contribution is 2.38. The van der Waals surface area contributed by atoms with Crippen LogP contribution < -0.4 is 4.74 Å². The highest BCUT2D eigenvalue weighted by atomic mass is 16.5. The topological polar surface area (TPSA) is 26.3 Å².